The number of rotatable bonds is 5. The van der Waals surface area contributed by atoms with Crippen molar-refractivity contribution in [2.45, 2.75) is 57.4 Å². The van der Waals surface area contributed by atoms with Gasteiger partial charge in [0.1, 0.15) is 0 Å². The first-order valence-electron chi connectivity index (χ1n) is 10.4. The van der Waals surface area contributed by atoms with Gasteiger partial charge in [-0.3, -0.25) is 14.7 Å². The van der Waals surface area contributed by atoms with Crippen LogP contribution >= 0.6 is 11.3 Å². The van der Waals surface area contributed by atoms with Crippen LogP contribution in [0.15, 0.2) is 23.6 Å². The second-order valence-electron chi connectivity index (χ2n) is 7.99. The molecule has 1 saturated carbocycles. The molecule has 2 amide bonds. The highest BCUT2D eigenvalue weighted by Gasteiger charge is 2.27. The van der Waals surface area contributed by atoms with E-state index in [0.29, 0.717) is 31.1 Å². The molecule has 2 fully saturated rings. The normalized spacial score (nSPS) is 18.9. The lowest BCUT2D eigenvalue weighted by atomic mass is 9.86. The third-order valence-corrected chi connectivity index (χ3v) is 6.83. The average Bonchev–Trinajstić information content (AvgIpc) is 3.40. The van der Waals surface area contributed by atoms with Gasteiger partial charge in [-0.25, -0.2) is 0 Å². The fourth-order valence-electron chi connectivity index (χ4n) is 4.32. The predicted molar refractivity (Wildman–Crippen MR) is 110 cm³/mol. The summed E-state index contributed by atoms with van der Waals surface area (Å²) in [7, 11) is 0. The summed E-state index contributed by atoms with van der Waals surface area (Å²) >= 11 is 1.62. The van der Waals surface area contributed by atoms with Crippen molar-refractivity contribution < 1.29 is 9.59 Å². The molecule has 2 aromatic rings. The van der Waals surface area contributed by atoms with Gasteiger partial charge in [0.05, 0.1) is 10.6 Å². The highest BCUT2D eigenvalue weighted by atomic mass is 32.1. The van der Waals surface area contributed by atoms with Crippen LogP contribution in [0.4, 0.5) is 0 Å². The summed E-state index contributed by atoms with van der Waals surface area (Å²) in [5.41, 5.74) is 1.34. The Hall–Kier alpha value is -2.15. The Bertz CT molecular complexity index is 787. The van der Waals surface area contributed by atoms with Gasteiger partial charge in [-0.1, -0.05) is 25.3 Å². The lowest BCUT2D eigenvalue weighted by Gasteiger charge is -2.32. The molecule has 0 atom stereocenters. The maximum Gasteiger partial charge on any atom is 0.274 e. The minimum Gasteiger partial charge on any atom is -0.353 e. The molecule has 2 aromatic heterocycles. The van der Waals surface area contributed by atoms with E-state index in [9.17, 15) is 9.59 Å². The molecule has 28 heavy (non-hydrogen) atoms. The molecule has 4 rings (SSSR count). The molecule has 2 aliphatic rings. The van der Waals surface area contributed by atoms with Crippen LogP contribution in [0.1, 0.15) is 61.9 Å². The predicted octanol–water partition coefficient (Wildman–Crippen LogP) is 3.83. The SMILES string of the molecule is O=C(CC1CCCCC1)NC1CCN(C(=O)c2cc(-c3cccs3)[nH]n2)CC1. The molecule has 6 nitrogen and oxygen atoms in total. The van der Waals surface area contributed by atoms with Gasteiger partial charge in [-0.15, -0.1) is 11.3 Å². The number of nitrogens with one attached hydrogen (secondary N) is 2. The molecule has 1 aliphatic heterocycles. The fourth-order valence-corrected chi connectivity index (χ4v) is 5.01. The third kappa shape index (κ3) is 4.63. The van der Waals surface area contributed by atoms with Crippen LogP contribution in [0, 0.1) is 5.92 Å². The van der Waals surface area contributed by atoms with Crippen LogP contribution in [-0.2, 0) is 4.79 Å². The van der Waals surface area contributed by atoms with Gasteiger partial charge in [-0.05, 0) is 49.1 Å². The number of H-pyrrole nitrogens is 1. The number of hydrogen-bond donors (Lipinski definition) is 2. The quantitative estimate of drug-likeness (QED) is 0.801. The van der Waals surface area contributed by atoms with Crippen molar-refractivity contribution in [3.63, 3.8) is 0 Å². The van der Waals surface area contributed by atoms with Gasteiger partial charge in [0.25, 0.3) is 5.91 Å². The molecular weight excluding hydrogens is 372 g/mol. The average molecular weight is 401 g/mol. The molecule has 0 unspecified atom stereocenters. The first kappa shape index (κ1) is 19.2. The van der Waals surface area contributed by atoms with E-state index in [-0.39, 0.29) is 17.9 Å². The number of likely N-dealkylation sites (tertiary alicyclic amines) is 1. The van der Waals surface area contributed by atoms with Crippen molar-refractivity contribution in [1.29, 1.82) is 0 Å². The van der Waals surface area contributed by atoms with Crippen LogP contribution in [-0.4, -0.2) is 46.0 Å². The standard InChI is InChI=1S/C21H28N4O2S/c26-20(13-15-5-2-1-3-6-15)22-16-8-10-25(11-9-16)21(27)18-14-17(23-24-18)19-7-4-12-28-19/h4,7,12,14-16H,1-3,5-6,8-11,13H2,(H,22,26)(H,23,24). The second-order valence-corrected chi connectivity index (χ2v) is 8.93. The second kappa shape index (κ2) is 8.90. The molecule has 1 saturated heterocycles. The van der Waals surface area contributed by atoms with Crippen molar-refractivity contribution in [2.24, 2.45) is 5.92 Å². The molecule has 7 heteroatoms. The van der Waals surface area contributed by atoms with Gasteiger partial charge in [0.15, 0.2) is 5.69 Å². The van der Waals surface area contributed by atoms with Crippen LogP contribution in [0.3, 0.4) is 0 Å². The summed E-state index contributed by atoms with van der Waals surface area (Å²) in [4.78, 5) is 28.0. The molecular formula is C21H28N4O2S. The van der Waals surface area contributed by atoms with Crippen molar-refractivity contribution in [1.82, 2.24) is 20.4 Å². The lowest BCUT2D eigenvalue weighted by molar-refractivity contribution is -0.123. The first-order chi connectivity index (χ1) is 13.7. The molecule has 0 aromatic carbocycles. The summed E-state index contributed by atoms with van der Waals surface area (Å²) in [5.74, 6) is 0.711. The van der Waals surface area contributed by atoms with Gasteiger partial charge in [0, 0.05) is 25.6 Å². The van der Waals surface area contributed by atoms with E-state index in [1.54, 1.807) is 11.3 Å². The maximum absolute atomic E-state index is 12.7. The van der Waals surface area contributed by atoms with E-state index in [1.807, 2.05) is 28.5 Å². The highest BCUT2D eigenvalue weighted by molar-refractivity contribution is 7.13. The smallest absolute Gasteiger partial charge is 0.274 e. The van der Waals surface area contributed by atoms with E-state index in [4.69, 9.17) is 0 Å². The molecule has 3 heterocycles. The van der Waals surface area contributed by atoms with Crippen molar-refractivity contribution in [2.75, 3.05) is 13.1 Å². The molecule has 0 spiro atoms. The number of hydrogen-bond acceptors (Lipinski definition) is 4. The maximum atomic E-state index is 12.7. The third-order valence-electron chi connectivity index (χ3n) is 5.93. The zero-order valence-corrected chi connectivity index (χ0v) is 17.0. The Morgan fingerprint density at radius 3 is 2.68 bits per heavy atom. The topological polar surface area (TPSA) is 78.1 Å². The summed E-state index contributed by atoms with van der Waals surface area (Å²) in [6.07, 6.45) is 8.51. The molecule has 150 valence electrons. The number of carbonyl (C=O) groups excluding carboxylic acids is 2. The fraction of sp³-hybridized carbons (Fsp3) is 0.571. The Morgan fingerprint density at radius 2 is 1.96 bits per heavy atom. The number of amides is 2. The number of carbonyl (C=O) groups is 2. The van der Waals surface area contributed by atoms with E-state index < -0.39 is 0 Å². The van der Waals surface area contributed by atoms with Crippen LogP contribution in [0.25, 0.3) is 10.6 Å². The lowest BCUT2D eigenvalue weighted by Crippen LogP contribution is -2.46. The number of thiophene rings is 1. The Balaban J connectivity index is 1.24. The van der Waals surface area contributed by atoms with E-state index in [0.717, 1.165) is 23.4 Å². The van der Waals surface area contributed by atoms with Crippen LogP contribution in [0.5, 0.6) is 0 Å². The molecule has 2 N–H and O–H groups in total. The summed E-state index contributed by atoms with van der Waals surface area (Å²) < 4.78 is 0. The summed E-state index contributed by atoms with van der Waals surface area (Å²) in [6, 6.07) is 6.00. The number of aromatic amines is 1. The zero-order chi connectivity index (χ0) is 19.3. The van der Waals surface area contributed by atoms with Gasteiger partial charge in [0.2, 0.25) is 5.91 Å². The minimum atomic E-state index is -0.0361. The van der Waals surface area contributed by atoms with Crippen molar-refractivity contribution in [3.8, 4) is 10.6 Å². The minimum absolute atomic E-state index is 0.0361. The Morgan fingerprint density at radius 1 is 1.18 bits per heavy atom. The molecule has 0 radical (unpaired) electrons. The Labute approximate surface area is 169 Å². The monoisotopic (exact) mass is 400 g/mol. The highest BCUT2D eigenvalue weighted by Crippen LogP contribution is 2.26. The van der Waals surface area contributed by atoms with Gasteiger partial charge < -0.3 is 10.2 Å². The largest absolute Gasteiger partial charge is 0.353 e. The summed E-state index contributed by atoms with van der Waals surface area (Å²) in [5, 5.41) is 12.4. The van der Waals surface area contributed by atoms with Crippen LogP contribution < -0.4 is 5.32 Å². The number of nitrogens with zero attached hydrogens (tertiary/aromatic N) is 2. The van der Waals surface area contributed by atoms with Crippen molar-refractivity contribution >= 4 is 23.2 Å². The number of piperidine rings is 1. The number of aromatic nitrogens is 2. The van der Waals surface area contributed by atoms with E-state index in [1.165, 1.54) is 32.1 Å². The Kier molecular flexibility index (Phi) is 6.10. The molecule has 0 bridgehead atoms. The molecule has 1 aliphatic carbocycles. The van der Waals surface area contributed by atoms with Gasteiger partial charge >= 0.3 is 0 Å². The van der Waals surface area contributed by atoms with Crippen LogP contribution in [0.2, 0.25) is 0 Å². The van der Waals surface area contributed by atoms with Gasteiger partial charge in [-0.2, -0.15) is 5.10 Å². The van der Waals surface area contributed by atoms with E-state index in [2.05, 4.69) is 15.5 Å². The van der Waals surface area contributed by atoms with E-state index >= 15 is 0 Å². The van der Waals surface area contributed by atoms with Crippen molar-refractivity contribution in [3.05, 3.63) is 29.3 Å². The summed E-state index contributed by atoms with van der Waals surface area (Å²) in [6.45, 7) is 1.32. The zero-order valence-electron chi connectivity index (χ0n) is 16.2. The first-order valence-corrected chi connectivity index (χ1v) is 11.2.